The monoisotopic (exact) mass is 154 g/mol. The van der Waals surface area contributed by atoms with E-state index in [1.165, 1.54) is 0 Å². The van der Waals surface area contributed by atoms with Gasteiger partial charge >= 0.3 is 0 Å². The number of Topliss-reactive ketones (excluding diaryl/α,β-unsaturated/α-hetero) is 2. The SMILES string of the molecule is O=C1CCCCCC(=O)CC1. The summed E-state index contributed by atoms with van der Waals surface area (Å²) < 4.78 is 0. The zero-order chi connectivity index (χ0) is 8.10. The Morgan fingerprint density at radius 1 is 0.636 bits per heavy atom. The van der Waals surface area contributed by atoms with Crippen molar-refractivity contribution in [3.63, 3.8) is 0 Å². The molecule has 0 unspecified atom stereocenters. The predicted octanol–water partition coefficient (Wildman–Crippen LogP) is 1.87. The normalized spacial score (nSPS) is 22.2. The number of hydrogen-bond acceptors (Lipinski definition) is 2. The number of rotatable bonds is 0. The molecule has 0 bridgehead atoms. The largest absolute Gasteiger partial charge is 0.300 e. The molecule has 0 N–H and O–H groups in total. The minimum Gasteiger partial charge on any atom is -0.300 e. The van der Waals surface area contributed by atoms with Crippen LogP contribution in [0.4, 0.5) is 0 Å². The summed E-state index contributed by atoms with van der Waals surface area (Å²) in [6.45, 7) is 0. The Hall–Kier alpha value is -0.660. The van der Waals surface area contributed by atoms with Crippen molar-refractivity contribution >= 4 is 11.6 Å². The third kappa shape index (κ3) is 3.30. The van der Waals surface area contributed by atoms with Crippen molar-refractivity contribution in [2.75, 3.05) is 0 Å². The Bertz CT molecular complexity index is 143. The van der Waals surface area contributed by atoms with E-state index >= 15 is 0 Å². The molecule has 0 aromatic rings. The first-order chi connectivity index (χ1) is 5.29. The van der Waals surface area contributed by atoms with Gasteiger partial charge in [0.1, 0.15) is 11.6 Å². The van der Waals surface area contributed by atoms with E-state index in [0.29, 0.717) is 25.7 Å². The average Bonchev–Trinajstić information content (AvgIpc) is 2.06. The average molecular weight is 154 g/mol. The Labute approximate surface area is 67.0 Å². The van der Waals surface area contributed by atoms with E-state index in [4.69, 9.17) is 0 Å². The summed E-state index contributed by atoms with van der Waals surface area (Å²) in [5.74, 6) is 0.528. The quantitative estimate of drug-likeness (QED) is 0.533. The van der Waals surface area contributed by atoms with E-state index in [1.807, 2.05) is 0 Å². The molecule has 1 aliphatic carbocycles. The lowest BCUT2D eigenvalue weighted by Crippen LogP contribution is -2.01. The third-order valence-electron chi connectivity index (χ3n) is 2.09. The molecule has 0 aromatic carbocycles. The summed E-state index contributed by atoms with van der Waals surface area (Å²) >= 11 is 0. The molecule has 0 atom stereocenters. The molecule has 0 spiro atoms. The molecule has 2 heteroatoms. The molecule has 1 rings (SSSR count). The molecule has 2 nitrogen and oxygen atoms in total. The van der Waals surface area contributed by atoms with Gasteiger partial charge in [0.25, 0.3) is 0 Å². The number of carbonyl (C=O) groups excluding carboxylic acids is 2. The highest BCUT2D eigenvalue weighted by molar-refractivity contribution is 5.86. The molecule has 0 aliphatic heterocycles. The maximum atomic E-state index is 11.0. The van der Waals surface area contributed by atoms with Crippen molar-refractivity contribution in [3.05, 3.63) is 0 Å². The minimum atomic E-state index is 0.264. The van der Waals surface area contributed by atoms with E-state index in [-0.39, 0.29) is 11.6 Å². The number of hydrogen-bond donors (Lipinski definition) is 0. The molecule has 1 saturated carbocycles. The molecule has 0 aromatic heterocycles. The lowest BCUT2D eigenvalue weighted by molar-refractivity contribution is -0.123. The second-order valence-electron chi connectivity index (χ2n) is 3.14. The van der Waals surface area contributed by atoms with Gasteiger partial charge in [-0.3, -0.25) is 9.59 Å². The van der Waals surface area contributed by atoms with Crippen LogP contribution in [0.3, 0.4) is 0 Å². The molecule has 0 amide bonds. The summed E-state index contributed by atoms with van der Waals surface area (Å²) in [6.07, 6.45) is 5.34. The number of ketones is 2. The van der Waals surface area contributed by atoms with Gasteiger partial charge in [-0.2, -0.15) is 0 Å². The summed E-state index contributed by atoms with van der Waals surface area (Å²) in [7, 11) is 0. The fraction of sp³-hybridized carbons (Fsp3) is 0.778. The van der Waals surface area contributed by atoms with Gasteiger partial charge in [-0.25, -0.2) is 0 Å². The Kier molecular flexibility index (Phi) is 3.27. The molecule has 0 radical (unpaired) electrons. The van der Waals surface area contributed by atoms with Crippen molar-refractivity contribution in [2.24, 2.45) is 0 Å². The van der Waals surface area contributed by atoms with Crippen LogP contribution in [0.25, 0.3) is 0 Å². The van der Waals surface area contributed by atoms with Gasteiger partial charge in [0, 0.05) is 25.7 Å². The van der Waals surface area contributed by atoms with E-state index in [0.717, 1.165) is 19.3 Å². The molecule has 0 heterocycles. The van der Waals surface area contributed by atoms with Gasteiger partial charge in [-0.1, -0.05) is 6.42 Å². The first-order valence-corrected chi connectivity index (χ1v) is 4.32. The van der Waals surface area contributed by atoms with Gasteiger partial charge < -0.3 is 0 Å². The zero-order valence-corrected chi connectivity index (χ0v) is 6.77. The van der Waals surface area contributed by atoms with Crippen molar-refractivity contribution < 1.29 is 9.59 Å². The van der Waals surface area contributed by atoms with Crippen LogP contribution in [0.15, 0.2) is 0 Å². The van der Waals surface area contributed by atoms with E-state index in [9.17, 15) is 9.59 Å². The highest BCUT2D eigenvalue weighted by atomic mass is 16.1. The van der Waals surface area contributed by atoms with Gasteiger partial charge in [-0.05, 0) is 12.8 Å². The maximum Gasteiger partial charge on any atom is 0.133 e. The van der Waals surface area contributed by atoms with Crippen LogP contribution in [-0.2, 0) is 9.59 Å². The molecule has 1 aliphatic rings. The highest BCUT2D eigenvalue weighted by Gasteiger charge is 2.09. The molecule has 0 saturated heterocycles. The third-order valence-corrected chi connectivity index (χ3v) is 2.09. The molecular formula is C9H14O2. The number of carbonyl (C=O) groups is 2. The lowest BCUT2D eigenvalue weighted by Gasteiger charge is -1.93. The molecule has 1 fully saturated rings. The van der Waals surface area contributed by atoms with Crippen LogP contribution in [-0.4, -0.2) is 11.6 Å². The first kappa shape index (κ1) is 8.44. The van der Waals surface area contributed by atoms with Gasteiger partial charge in [-0.15, -0.1) is 0 Å². The fourth-order valence-electron chi connectivity index (χ4n) is 1.35. The molecular weight excluding hydrogens is 140 g/mol. The van der Waals surface area contributed by atoms with Gasteiger partial charge in [0.15, 0.2) is 0 Å². The Morgan fingerprint density at radius 3 is 1.55 bits per heavy atom. The van der Waals surface area contributed by atoms with Crippen LogP contribution in [0.2, 0.25) is 0 Å². The van der Waals surface area contributed by atoms with Crippen molar-refractivity contribution in [2.45, 2.75) is 44.9 Å². The van der Waals surface area contributed by atoms with Gasteiger partial charge in [0.2, 0.25) is 0 Å². The lowest BCUT2D eigenvalue weighted by atomic mass is 10.1. The smallest absolute Gasteiger partial charge is 0.133 e. The maximum absolute atomic E-state index is 11.0. The standard InChI is InChI=1S/C9H14O2/c10-8-4-2-1-3-5-9(11)7-6-8/h1-7H2. The van der Waals surface area contributed by atoms with Crippen molar-refractivity contribution in [3.8, 4) is 0 Å². The summed E-state index contributed by atoms with van der Waals surface area (Å²) in [5, 5.41) is 0. The topological polar surface area (TPSA) is 34.1 Å². The minimum absolute atomic E-state index is 0.264. The van der Waals surface area contributed by atoms with Crippen LogP contribution in [0.1, 0.15) is 44.9 Å². The van der Waals surface area contributed by atoms with Crippen LogP contribution < -0.4 is 0 Å². The van der Waals surface area contributed by atoms with Crippen LogP contribution in [0, 0.1) is 0 Å². The van der Waals surface area contributed by atoms with Gasteiger partial charge in [0.05, 0.1) is 0 Å². The summed E-state index contributed by atoms with van der Waals surface area (Å²) in [4.78, 5) is 22.0. The van der Waals surface area contributed by atoms with Crippen LogP contribution in [0.5, 0.6) is 0 Å². The van der Waals surface area contributed by atoms with Crippen LogP contribution >= 0.6 is 0 Å². The van der Waals surface area contributed by atoms with E-state index < -0.39 is 0 Å². The van der Waals surface area contributed by atoms with E-state index in [1.54, 1.807) is 0 Å². The summed E-state index contributed by atoms with van der Waals surface area (Å²) in [5.41, 5.74) is 0. The predicted molar refractivity (Wildman–Crippen MR) is 42.3 cm³/mol. The van der Waals surface area contributed by atoms with Crippen molar-refractivity contribution in [1.82, 2.24) is 0 Å². The molecule has 62 valence electrons. The summed E-state index contributed by atoms with van der Waals surface area (Å²) in [6, 6.07) is 0. The Balaban J connectivity index is 2.37. The second-order valence-corrected chi connectivity index (χ2v) is 3.14. The fourth-order valence-corrected chi connectivity index (χ4v) is 1.35. The second kappa shape index (κ2) is 4.27. The first-order valence-electron chi connectivity index (χ1n) is 4.32. The molecule has 11 heavy (non-hydrogen) atoms. The highest BCUT2D eigenvalue weighted by Crippen LogP contribution is 2.11. The van der Waals surface area contributed by atoms with Crippen molar-refractivity contribution in [1.29, 1.82) is 0 Å². The van der Waals surface area contributed by atoms with E-state index in [2.05, 4.69) is 0 Å². The zero-order valence-electron chi connectivity index (χ0n) is 6.77. The Morgan fingerprint density at radius 2 is 1.09 bits per heavy atom.